The van der Waals surface area contributed by atoms with E-state index >= 15 is 0 Å². The zero-order chi connectivity index (χ0) is 17.4. The molecule has 0 atom stereocenters. The van der Waals surface area contributed by atoms with Gasteiger partial charge in [0.05, 0.1) is 18.4 Å². The monoisotopic (exact) mass is 335 g/mol. The minimum absolute atomic E-state index is 0.366. The van der Waals surface area contributed by atoms with Crippen LogP contribution in [0.1, 0.15) is 18.1 Å². The summed E-state index contributed by atoms with van der Waals surface area (Å²) < 4.78 is 10.6. The summed E-state index contributed by atoms with van der Waals surface area (Å²) in [5, 5.41) is 0.819. The number of ether oxygens (including phenoxy) is 1. The molecule has 3 aromatic rings. The molecule has 1 aliphatic heterocycles. The molecule has 5 heteroatoms. The summed E-state index contributed by atoms with van der Waals surface area (Å²) in [4.78, 5) is 18.2. The molecule has 0 unspecified atom stereocenters. The molecule has 0 radical (unpaired) electrons. The topological polar surface area (TPSA) is 60.7 Å². The smallest absolute Gasteiger partial charge is 0.346 e. The highest BCUT2D eigenvalue weighted by atomic mass is 16.6. The Morgan fingerprint density at radius 2 is 1.84 bits per heavy atom. The molecule has 25 heavy (non-hydrogen) atoms. The van der Waals surface area contributed by atoms with E-state index in [4.69, 9.17) is 14.0 Å². The summed E-state index contributed by atoms with van der Waals surface area (Å²) in [6, 6.07) is 15.1. The van der Waals surface area contributed by atoms with Gasteiger partial charge in [-0.1, -0.05) is 24.3 Å². The fraction of sp³-hybridized carbons (Fsp3) is 0.150. The maximum Gasteiger partial charge on any atom is 0.346 e. The summed E-state index contributed by atoms with van der Waals surface area (Å²) >= 11 is 0. The second-order valence-corrected chi connectivity index (χ2v) is 5.91. The van der Waals surface area contributed by atoms with Crippen molar-refractivity contribution in [1.82, 2.24) is 0 Å². The van der Waals surface area contributed by atoms with Gasteiger partial charge in [-0.3, -0.25) is 0 Å². The maximum absolute atomic E-state index is 12.5. The number of fused-ring (bicyclic) bond motifs is 3. The summed E-state index contributed by atoms with van der Waals surface area (Å²) in [5.41, 5.74) is 6.12. The highest BCUT2D eigenvalue weighted by Crippen LogP contribution is 2.35. The first-order valence-corrected chi connectivity index (χ1v) is 7.99. The molecular formula is C20H17NO4. The van der Waals surface area contributed by atoms with E-state index in [1.165, 1.54) is 0 Å². The standard InChI is InChI=1S/C20H17NO4/c1-12-17(11-13-7-9-14(23-2)10-8-13)25-21-19-15-5-3-4-6-16(15)24-20(22)18(12)19/h3-10,21H,11H2,1-2H3. The summed E-state index contributed by atoms with van der Waals surface area (Å²) in [5.74, 6) is 1.50. The largest absolute Gasteiger partial charge is 0.497 e. The van der Waals surface area contributed by atoms with Gasteiger partial charge in [-0.05, 0) is 36.8 Å². The van der Waals surface area contributed by atoms with Crippen LogP contribution >= 0.6 is 0 Å². The predicted octanol–water partition coefficient (Wildman–Crippen LogP) is 4.13. The number of rotatable bonds is 3. The summed E-state index contributed by atoms with van der Waals surface area (Å²) in [7, 11) is 1.64. The Balaban J connectivity index is 1.78. The molecule has 1 aliphatic rings. The number of hydrogen-bond acceptors (Lipinski definition) is 5. The predicted molar refractivity (Wildman–Crippen MR) is 96.5 cm³/mol. The van der Waals surface area contributed by atoms with Crippen molar-refractivity contribution in [2.24, 2.45) is 0 Å². The van der Waals surface area contributed by atoms with Gasteiger partial charge in [0.1, 0.15) is 17.1 Å². The second-order valence-electron chi connectivity index (χ2n) is 5.91. The third-order valence-electron chi connectivity index (χ3n) is 4.41. The normalized spacial score (nSPS) is 13.2. The minimum atomic E-state index is -0.366. The van der Waals surface area contributed by atoms with Crippen LogP contribution in [-0.2, 0) is 11.3 Å². The Bertz CT molecular complexity index is 1030. The lowest BCUT2D eigenvalue weighted by molar-refractivity contribution is 0.274. The lowest BCUT2D eigenvalue weighted by atomic mass is 9.99. The van der Waals surface area contributed by atoms with E-state index in [0.717, 1.165) is 22.3 Å². The van der Waals surface area contributed by atoms with Crippen molar-refractivity contribution >= 4 is 22.2 Å². The van der Waals surface area contributed by atoms with E-state index < -0.39 is 0 Å². The van der Waals surface area contributed by atoms with Crippen LogP contribution in [0.4, 0.5) is 5.69 Å². The van der Waals surface area contributed by atoms with Gasteiger partial charge >= 0.3 is 5.63 Å². The van der Waals surface area contributed by atoms with Crippen LogP contribution in [0.3, 0.4) is 0 Å². The van der Waals surface area contributed by atoms with Crippen molar-refractivity contribution in [3.8, 4) is 5.75 Å². The average Bonchev–Trinajstić information content (AvgIpc) is 2.64. The molecule has 4 rings (SSSR count). The van der Waals surface area contributed by atoms with Crippen LogP contribution in [0.2, 0.25) is 0 Å². The number of methoxy groups -OCH3 is 1. The number of para-hydroxylation sites is 1. The van der Waals surface area contributed by atoms with Crippen molar-refractivity contribution in [3.63, 3.8) is 0 Å². The first kappa shape index (κ1) is 15.3. The van der Waals surface area contributed by atoms with Gasteiger partial charge in [0.2, 0.25) is 0 Å². The average molecular weight is 335 g/mol. The summed E-state index contributed by atoms with van der Waals surface area (Å²) in [6.45, 7) is 1.88. The third kappa shape index (κ3) is 2.63. The molecule has 5 nitrogen and oxygen atoms in total. The molecule has 126 valence electrons. The second kappa shape index (κ2) is 6.02. The SMILES string of the molecule is COc1ccc(CC2=C(C)c3c(c4ccccc4oc3=O)NO2)cc1. The van der Waals surface area contributed by atoms with Crippen LogP contribution in [0, 0.1) is 0 Å². The van der Waals surface area contributed by atoms with E-state index in [1.807, 2.05) is 49.4 Å². The van der Waals surface area contributed by atoms with E-state index in [9.17, 15) is 4.79 Å². The van der Waals surface area contributed by atoms with Crippen molar-refractivity contribution < 1.29 is 14.0 Å². The van der Waals surface area contributed by atoms with Crippen LogP contribution in [0.25, 0.3) is 16.5 Å². The van der Waals surface area contributed by atoms with Crippen LogP contribution in [0.15, 0.2) is 63.5 Å². The van der Waals surface area contributed by atoms with Gasteiger partial charge in [0.15, 0.2) is 0 Å². The fourth-order valence-corrected chi connectivity index (χ4v) is 3.02. The first-order valence-electron chi connectivity index (χ1n) is 7.99. The van der Waals surface area contributed by atoms with Crippen LogP contribution in [-0.4, -0.2) is 7.11 Å². The number of anilines is 1. The van der Waals surface area contributed by atoms with E-state index in [1.54, 1.807) is 13.2 Å². The Hall–Kier alpha value is -3.21. The molecule has 1 N–H and O–H groups in total. The molecule has 0 amide bonds. The van der Waals surface area contributed by atoms with Crippen molar-refractivity contribution in [2.75, 3.05) is 12.6 Å². The number of hydrogen-bond donors (Lipinski definition) is 1. The van der Waals surface area contributed by atoms with Gasteiger partial charge < -0.3 is 14.0 Å². The van der Waals surface area contributed by atoms with Gasteiger partial charge in [0.25, 0.3) is 0 Å². The number of benzene rings is 2. The highest BCUT2D eigenvalue weighted by molar-refractivity contribution is 5.96. The van der Waals surface area contributed by atoms with Crippen molar-refractivity contribution in [1.29, 1.82) is 0 Å². The molecule has 2 aromatic carbocycles. The highest BCUT2D eigenvalue weighted by Gasteiger charge is 2.24. The third-order valence-corrected chi connectivity index (χ3v) is 4.41. The number of allylic oxidation sites excluding steroid dienone is 2. The van der Waals surface area contributed by atoms with E-state index in [0.29, 0.717) is 29.0 Å². The Labute approximate surface area is 144 Å². The van der Waals surface area contributed by atoms with Crippen LogP contribution in [0.5, 0.6) is 5.75 Å². The molecule has 0 spiro atoms. The Kier molecular flexibility index (Phi) is 3.69. The van der Waals surface area contributed by atoms with E-state index in [2.05, 4.69) is 5.48 Å². The van der Waals surface area contributed by atoms with Gasteiger partial charge in [-0.2, -0.15) is 0 Å². The lowest BCUT2D eigenvalue weighted by Gasteiger charge is -2.23. The zero-order valence-corrected chi connectivity index (χ0v) is 14.0. The molecule has 0 saturated carbocycles. The Morgan fingerprint density at radius 1 is 1.08 bits per heavy atom. The molecule has 0 saturated heterocycles. The molecular weight excluding hydrogens is 318 g/mol. The fourth-order valence-electron chi connectivity index (χ4n) is 3.02. The lowest BCUT2D eigenvalue weighted by Crippen LogP contribution is -2.19. The van der Waals surface area contributed by atoms with Gasteiger partial charge in [-0.25, -0.2) is 10.3 Å². The first-order chi connectivity index (χ1) is 12.2. The van der Waals surface area contributed by atoms with E-state index in [-0.39, 0.29) is 5.63 Å². The molecule has 0 fully saturated rings. The maximum atomic E-state index is 12.5. The molecule has 2 heterocycles. The Morgan fingerprint density at radius 3 is 2.60 bits per heavy atom. The summed E-state index contributed by atoms with van der Waals surface area (Å²) in [6.07, 6.45) is 0.564. The minimum Gasteiger partial charge on any atom is -0.497 e. The number of nitrogens with one attached hydrogen (secondary N) is 1. The molecule has 0 aliphatic carbocycles. The van der Waals surface area contributed by atoms with Crippen molar-refractivity contribution in [2.45, 2.75) is 13.3 Å². The quantitative estimate of drug-likeness (QED) is 0.729. The zero-order valence-electron chi connectivity index (χ0n) is 14.0. The van der Waals surface area contributed by atoms with Crippen molar-refractivity contribution in [3.05, 3.63) is 75.8 Å². The van der Waals surface area contributed by atoms with Gasteiger partial charge in [0, 0.05) is 17.4 Å². The molecule has 1 aromatic heterocycles. The molecule has 0 bridgehead atoms. The van der Waals surface area contributed by atoms with Crippen LogP contribution < -0.4 is 15.8 Å². The van der Waals surface area contributed by atoms with Gasteiger partial charge in [-0.15, -0.1) is 0 Å².